The Morgan fingerprint density at radius 2 is 1.22 bits per heavy atom. The number of hydrogen-bond acceptors (Lipinski definition) is 4. The predicted octanol–water partition coefficient (Wildman–Crippen LogP) is 3.58. The molecule has 0 radical (unpaired) electrons. The first kappa shape index (κ1) is 17.5. The fourth-order valence-corrected chi connectivity index (χ4v) is 1.57. The molecule has 0 aromatic rings. The number of rotatable bonds is 8. The first-order valence-corrected chi connectivity index (χ1v) is 7.10. The maximum atomic E-state index is 11.3. The monoisotopic (exact) mass is 298 g/mol. The van der Waals surface area contributed by atoms with Crippen LogP contribution in [0.1, 0.15) is 52.4 Å². The van der Waals surface area contributed by atoms with E-state index < -0.39 is 22.7 Å². The molecule has 0 bridgehead atoms. The van der Waals surface area contributed by atoms with Gasteiger partial charge in [0.1, 0.15) is 10.8 Å². The van der Waals surface area contributed by atoms with Crippen LogP contribution < -0.4 is 0 Å². The molecule has 0 aliphatic heterocycles. The molecule has 0 saturated heterocycles. The fourth-order valence-electron chi connectivity index (χ4n) is 1.19. The van der Waals surface area contributed by atoms with Gasteiger partial charge in [-0.15, -0.1) is 23.2 Å². The summed E-state index contributed by atoms with van der Waals surface area (Å²) in [6.07, 6.45) is 4.47. The van der Waals surface area contributed by atoms with Crippen LogP contribution in [0.4, 0.5) is 0 Å². The highest BCUT2D eigenvalue weighted by Gasteiger charge is 2.23. The minimum Gasteiger partial charge on any atom is -0.246 e. The fraction of sp³-hybridized carbons (Fsp3) is 0.833. The lowest BCUT2D eigenvalue weighted by atomic mass is 10.2. The van der Waals surface area contributed by atoms with Gasteiger partial charge < -0.3 is 0 Å². The standard InChI is InChI=1S/C12H20Cl2O4/c1-3-5-7-9(13)11(15)17-18-12(16)10(14)8-6-4-2/h9-10H,3-8H2,1-2H3. The molecule has 0 heterocycles. The molecule has 2 atom stereocenters. The van der Waals surface area contributed by atoms with Gasteiger partial charge in [-0.3, -0.25) is 0 Å². The van der Waals surface area contributed by atoms with Crippen LogP contribution in [0.15, 0.2) is 0 Å². The predicted molar refractivity (Wildman–Crippen MR) is 70.5 cm³/mol. The normalized spacial score (nSPS) is 13.8. The Balaban J connectivity index is 3.86. The smallest absolute Gasteiger partial charge is 0.246 e. The molecule has 0 aromatic heterocycles. The van der Waals surface area contributed by atoms with Crippen LogP contribution in [0.3, 0.4) is 0 Å². The van der Waals surface area contributed by atoms with E-state index in [1.165, 1.54) is 0 Å². The van der Waals surface area contributed by atoms with E-state index in [4.69, 9.17) is 23.2 Å². The number of carbonyl (C=O) groups is 2. The Kier molecular flexibility index (Phi) is 10.2. The van der Waals surface area contributed by atoms with Crippen molar-refractivity contribution in [1.29, 1.82) is 0 Å². The first-order chi connectivity index (χ1) is 8.52. The van der Waals surface area contributed by atoms with Gasteiger partial charge in [-0.2, -0.15) is 0 Å². The SMILES string of the molecule is CCCCC(Cl)C(=O)OOC(=O)C(Cl)CCCC. The zero-order valence-electron chi connectivity index (χ0n) is 10.8. The average Bonchev–Trinajstić information content (AvgIpc) is 2.38. The van der Waals surface area contributed by atoms with E-state index in [0.717, 1.165) is 25.7 Å². The molecule has 0 aliphatic rings. The van der Waals surface area contributed by atoms with Crippen molar-refractivity contribution in [3.8, 4) is 0 Å². The molecule has 0 amide bonds. The number of carbonyl (C=O) groups excluding carboxylic acids is 2. The Morgan fingerprint density at radius 3 is 1.50 bits per heavy atom. The Labute approximate surface area is 118 Å². The van der Waals surface area contributed by atoms with E-state index in [1.807, 2.05) is 13.8 Å². The summed E-state index contributed by atoms with van der Waals surface area (Å²) in [5, 5.41) is -1.58. The van der Waals surface area contributed by atoms with Gasteiger partial charge in [-0.25, -0.2) is 19.4 Å². The quantitative estimate of drug-likeness (QED) is 0.390. The van der Waals surface area contributed by atoms with Crippen molar-refractivity contribution in [2.75, 3.05) is 0 Å². The molecule has 0 N–H and O–H groups in total. The van der Waals surface area contributed by atoms with Gasteiger partial charge in [0, 0.05) is 0 Å². The third kappa shape index (κ3) is 7.77. The topological polar surface area (TPSA) is 52.6 Å². The molecule has 0 spiro atoms. The highest BCUT2D eigenvalue weighted by atomic mass is 35.5. The molecule has 0 fully saturated rings. The zero-order valence-corrected chi connectivity index (χ0v) is 12.3. The van der Waals surface area contributed by atoms with E-state index in [2.05, 4.69) is 9.78 Å². The molecule has 0 rings (SSSR count). The second kappa shape index (κ2) is 10.4. The van der Waals surface area contributed by atoms with Gasteiger partial charge in [0.15, 0.2) is 0 Å². The second-order valence-corrected chi connectivity index (χ2v) is 5.08. The van der Waals surface area contributed by atoms with Crippen molar-refractivity contribution < 1.29 is 19.4 Å². The highest BCUT2D eigenvalue weighted by Crippen LogP contribution is 2.12. The van der Waals surface area contributed by atoms with Gasteiger partial charge >= 0.3 is 11.9 Å². The Hall–Kier alpha value is -0.480. The summed E-state index contributed by atoms with van der Waals surface area (Å²) in [5.74, 6) is -1.50. The van der Waals surface area contributed by atoms with Crippen molar-refractivity contribution in [2.45, 2.75) is 63.1 Å². The maximum Gasteiger partial charge on any atom is 0.373 e. The van der Waals surface area contributed by atoms with Crippen molar-refractivity contribution in [3.63, 3.8) is 0 Å². The van der Waals surface area contributed by atoms with Crippen molar-refractivity contribution in [2.24, 2.45) is 0 Å². The minimum atomic E-state index is -0.790. The van der Waals surface area contributed by atoms with Crippen LogP contribution in [0, 0.1) is 0 Å². The van der Waals surface area contributed by atoms with Crippen LogP contribution in [-0.2, 0) is 19.4 Å². The van der Waals surface area contributed by atoms with Crippen molar-refractivity contribution >= 4 is 35.1 Å². The molecule has 0 aliphatic carbocycles. The number of halogens is 2. The second-order valence-electron chi connectivity index (χ2n) is 4.02. The summed E-state index contributed by atoms with van der Waals surface area (Å²) in [6.45, 7) is 3.97. The Morgan fingerprint density at radius 1 is 0.889 bits per heavy atom. The number of hydrogen-bond donors (Lipinski definition) is 0. The van der Waals surface area contributed by atoms with Crippen LogP contribution in [0.5, 0.6) is 0 Å². The van der Waals surface area contributed by atoms with Crippen LogP contribution in [-0.4, -0.2) is 22.7 Å². The summed E-state index contributed by atoms with van der Waals surface area (Å²) in [7, 11) is 0. The summed E-state index contributed by atoms with van der Waals surface area (Å²) in [4.78, 5) is 31.3. The van der Waals surface area contributed by atoms with Gasteiger partial charge in [-0.1, -0.05) is 39.5 Å². The zero-order chi connectivity index (χ0) is 14.0. The summed E-state index contributed by atoms with van der Waals surface area (Å²) in [5.41, 5.74) is 0. The highest BCUT2D eigenvalue weighted by molar-refractivity contribution is 6.30. The van der Waals surface area contributed by atoms with E-state index in [-0.39, 0.29) is 0 Å². The van der Waals surface area contributed by atoms with E-state index in [1.54, 1.807) is 0 Å². The van der Waals surface area contributed by atoms with Gasteiger partial charge in [0.05, 0.1) is 0 Å². The molecule has 6 heteroatoms. The third-order valence-corrected chi connectivity index (χ3v) is 3.13. The third-order valence-electron chi connectivity index (χ3n) is 2.34. The summed E-state index contributed by atoms with van der Waals surface area (Å²) in [6, 6.07) is 0. The van der Waals surface area contributed by atoms with Gasteiger partial charge in [-0.05, 0) is 12.8 Å². The molecular formula is C12H20Cl2O4. The summed E-state index contributed by atoms with van der Waals surface area (Å²) < 4.78 is 0. The van der Waals surface area contributed by atoms with Gasteiger partial charge in [0.25, 0.3) is 0 Å². The van der Waals surface area contributed by atoms with Crippen molar-refractivity contribution in [3.05, 3.63) is 0 Å². The van der Waals surface area contributed by atoms with E-state index >= 15 is 0 Å². The molecule has 106 valence electrons. The number of alkyl halides is 2. The molecule has 4 nitrogen and oxygen atoms in total. The molecule has 2 unspecified atom stereocenters. The van der Waals surface area contributed by atoms with Crippen LogP contribution >= 0.6 is 23.2 Å². The lowest BCUT2D eigenvalue weighted by Crippen LogP contribution is -2.24. The molecular weight excluding hydrogens is 279 g/mol. The first-order valence-electron chi connectivity index (χ1n) is 6.23. The average molecular weight is 299 g/mol. The minimum absolute atomic E-state index is 0.495. The molecule has 18 heavy (non-hydrogen) atoms. The molecule has 0 aromatic carbocycles. The van der Waals surface area contributed by atoms with E-state index in [9.17, 15) is 9.59 Å². The Bertz CT molecular complexity index is 232. The molecule has 0 saturated carbocycles. The van der Waals surface area contributed by atoms with Crippen LogP contribution in [0.25, 0.3) is 0 Å². The largest absolute Gasteiger partial charge is 0.373 e. The summed E-state index contributed by atoms with van der Waals surface area (Å²) >= 11 is 11.5. The van der Waals surface area contributed by atoms with Crippen LogP contribution in [0.2, 0.25) is 0 Å². The van der Waals surface area contributed by atoms with E-state index in [0.29, 0.717) is 12.8 Å². The lowest BCUT2D eigenvalue weighted by molar-refractivity contribution is -0.258. The maximum absolute atomic E-state index is 11.3. The van der Waals surface area contributed by atoms with Crippen molar-refractivity contribution in [1.82, 2.24) is 0 Å². The van der Waals surface area contributed by atoms with Gasteiger partial charge in [0.2, 0.25) is 0 Å². The lowest BCUT2D eigenvalue weighted by Gasteiger charge is -2.09. The number of unbranched alkanes of at least 4 members (excludes halogenated alkanes) is 2.